The summed E-state index contributed by atoms with van der Waals surface area (Å²) in [4.78, 5) is 10.6. The van der Waals surface area contributed by atoms with Crippen LogP contribution >= 0.6 is 0 Å². The van der Waals surface area contributed by atoms with Gasteiger partial charge >= 0.3 is 0 Å². The van der Waals surface area contributed by atoms with Gasteiger partial charge in [0.1, 0.15) is 6.29 Å². The predicted molar refractivity (Wildman–Crippen MR) is 44.6 cm³/mol. The number of aldehydes is 1. The molecule has 0 spiro atoms. The maximum atomic E-state index is 10.6. The van der Waals surface area contributed by atoms with E-state index in [0.717, 1.165) is 17.5 Å². The second-order valence-electron chi connectivity index (χ2n) is 2.73. The molecular weight excluding hydrogens is 152 g/mol. The molecule has 1 heterocycles. The van der Waals surface area contributed by atoms with Crippen LogP contribution < -0.4 is 0 Å². The van der Waals surface area contributed by atoms with Crippen LogP contribution in [0.4, 0.5) is 5.69 Å². The van der Waals surface area contributed by atoms with Crippen molar-refractivity contribution < 1.29 is 4.79 Å². The number of hydrogen-bond acceptors (Lipinski definition) is 3. The van der Waals surface area contributed by atoms with Crippen molar-refractivity contribution in [2.24, 2.45) is 10.2 Å². The van der Waals surface area contributed by atoms with E-state index >= 15 is 0 Å². The van der Waals surface area contributed by atoms with Gasteiger partial charge < -0.3 is 4.79 Å². The van der Waals surface area contributed by atoms with E-state index in [1.54, 1.807) is 0 Å². The summed E-state index contributed by atoms with van der Waals surface area (Å²) in [6.07, 6.45) is 0.928. The average Bonchev–Trinajstić information content (AvgIpc) is 2.17. The minimum atomic E-state index is -0.0984. The van der Waals surface area contributed by atoms with Crippen molar-refractivity contribution in [1.82, 2.24) is 0 Å². The average molecular weight is 160 g/mol. The van der Waals surface area contributed by atoms with Crippen molar-refractivity contribution in [3.8, 4) is 0 Å². The third kappa shape index (κ3) is 1.03. The zero-order valence-electron chi connectivity index (χ0n) is 6.47. The Bertz CT molecular complexity index is 333. The molecular formula is C9H8N2O. The third-order valence-corrected chi connectivity index (χ3v) is 1.96. The highest BCUT2D eigenvalue weighted by Crippen LogP contribution is 2.29. The fourth-order valence-electron chi connectivity index (χ4n) is 1.31. The lowest BCUT2D eigenvalue weighted by molar-refractivity contribution is -0.108. The molecule has 0 saturated carbocycles. The molecule has 3 nitrogen and oxygen atoms in total. The second kappa shape index (κ2) is 2.85. The minimum absolute atomic E-state index is 0.0984. The third-order valence-electron chi connectivity index (χ3n) is 1.96. The van der Waals surface area contributed by atoms with Gasteiger partial charge in [0.05, 0.1) is 18.2 Å². The van der Waals surface area contributed by atoms with Gasteiger partial charge in [0.2, 0.25) is 0 Å². The molecule has 0 bridgehead atoms. The van der Waals surface area contributed by atoms with E-state index in [1.807, 2.05) is 24.3 Å². The van der Waals surface area contributed by atoms with E-state index < -0.39 is 0 Å². The zero-order valence-corrected chi connectivity index (χ0v) is 6.47. The van der Waals surface area contributed by atoms with Gasteiger partial charge in [0, 0.05) is 0 Å². The Morgan fingerprint density at radius 2 is 2.25 bits per heavy atom. The molecule has 0 aliphatic carbocycles. The monoisotopic (exact) mass is 160 g/mol. The summed E-state index contributed by atoms with van der Waals surface area (Å²) in [5, 5.41) is 7.82. The first-order chi connectivity index (χ1) is 5.92. The zero-order chi connectivity index (χ0) is 8.39. The summed E-state index contributed by atoms with van der Waals surface area (Å²) in [6, 6.07) is 7.60. The van der Waals surface area contributed by atoms with Crippen LogP contribution in [-0.4, -0.2) is 12.8 Å². The molecule has 1 aromatic carbocycles. The van der Waals surface area contributed by atoms with Crippen molar-refractivity contribution in [2.45, 2.75) is 5.92 Å². The van der Waals surface area contributed by atoms with Gasteiger partial charge in [-0.2, -0.15) is 10.2 Å². The second-order valence-corrected chi connectivity index (χ2v) is 2.73. The Kier molecular flexibility index (Phi) is 1.70. The van der Waals surface area contributed by atoms with Crippen LogP contribution in [0.5, 0.6) is 0 Å². The molecule has 1 unspecified atom stereocenters. The fraction of sp³-hybridized carbons (Fsp3) is 0.222. The molecule has 12 heavy (non-hydrogen) atoms. The van der Waals surface area contributed by atoms with E-state index in [0.29, 0.717) is 6.54 Å². The lowest BCUT2D eigenvalue weighted by atomic mass is 9.98. The Morgan fingerprint density at radius 1 is 1.42 bits per heavy atom. The van der Waals surface area contributed by atoms with Crippen LogP contribution in [0, 0.1) is 0 Å². The fourth-order valence-corrected chi connectivity index (χ4v) is 1.31. The summed E-state index contributed by atoms with van der Waals surface area (Å²) < 4.78 is 0. The summed E-state index contributed by atoms with van der Waals surface area (Å²) in [5.41, 5.74) is 1.81. The molecule has 1 aliphatic heterocycles. The van der Waals surface area contributed by atoms with Crippen LogP contribution in [0.25, 0.3) is 0 Å². The minimum Gasteiger partial charge on any atom is -0.303 e. The van der Waals surface area contributed by atoms with E-state index in [-0.39, 0.29) is 5.92 Å². The SMILES string of the molecule is O=CC1CN=Nc2ccccc21. The molecule has 0 fully saturated rings. The molecule has 60 valence electrons. The number of carbonyl (C=O) groups is 1. The molecule has 0 N–H and O–H groups in total. The molecule has 0 saturated heterocycles. The van der Waals surface area contributed by atoms with Crippen LogP contribution in [0.2, 0.25) is 0 Å². The number of hydrogen-bond donors (Lipinski definition) is 0. The van der Waals surface area contributed by atoms with Crippen molar-refractivity contribution in [2.75, 3.05) is 6.54 Å². The van der Waals surface area contributed by atoms with E-state index in [1.165, 1.54) is 0 Å². The number of azo groups is 1. The Morgan fingerprint density at radius 3 is 3.08 bits per heavy atom. The van der Waals surface area contributed by atoms with Crippen molar-refractivity contribution >= 4 is 12.0 Å². The number of rotatable bonds is 1. The number of benzene rings is 1. The summed E-state index contributed by atoms with van der Waals surface area (Å²) >= 11 is 0. The Balaban J connectivity index is 2.52. The largest absolute Gasteiger partial charge is 0.303 e. The quantitative estimate of drug-likeness (QED) is 0.580. The Labute approximate surface area is 70.1 Å². The number of nitrogens with zero attached hydrogens (tertiary/aromatic N) is 2. The maximum Gasteiger partial charge on any atom is 0.129 e. The van der Waals surface area contributed by atoms with Gasteiger partial charge in [0.15, 0.2) is 0 Å². The Hall–Kier alpha value is -1.51. The van der Waals surface area contributed by atoms with E-state index in [2.05, 4.69) is 10.2 Å². The lowest BCUT2D eigenvalue weighted by Gasteiger charge is -2.13. The molecule has 0 radical (unpaired) electrons. The van der Waals surface area contributed by atoms with Gasteiger partial charge in [-0.3, -0.25) is 0 Å². The van der Waals surface area contributed by atoms with Gasteiger partial charge in [-0.25, -0.2) is 0 Å². The van der Waals surface area contributed by atoms with Gasteiger partial charge in [0.25, 0.3) is 0 Å². The van der Waals surface area contributed by atoms with E-state index in [9.17, 15) is 4.79 Å². The standard InChI is InChI=1S/C9H8N2O/c12-6-7-5-10-11-9-4-2-1-3-8(7)9/h1-4,6-7H,5H2. The highest BCUT2D eigenvalue weighted by molar-refractivity contribution is 5.68. The maximum absolute atomic E-state index is 10.6. The van der Waals surface area contributed by atoms with Crippen molar-refractivity contribution in [1.29, 1.82) is 0 Å². The molecule has 2 rings (SSSR count). The van der Waals surface area contributed by atoms with Crippen LogP contribution in [-0.2, 0) is 4.79 Å². The van der Waals surface area contributed by atoms with Gasteiger partial charge in [-0.05, 0) is 11.6 Å². The smallest absolute Gasteiger partial charge is 0.129 e. The molecule has 1 atom stereocenters. The van der Waals surface area contributed by atoms with Crippen LogP contribution in [0.3, 0.4) is 0 Å². The molecule has 3 heteroatoms. The highest BCUT2D eigenvalue weighted by Gasteiger charge is 2.16. The normalized spacial score (nSPS) is 20.2. The lowest BCUT2D eigenvalue weighted by Crippen LogP contribution is -2.06. The predicted octanol–water partition coefficient (Wildman–Crippen LogP) is 2.07. The van der Waals surface area contributed by atoms with Gasteiger partial charge in [-0.15, -0.1) is 0 Å². The summed E-state index contributed by atoms with van der Waals surface area (Å²) in [5.74, 6) is -0.0984. The molecule has 1 aliphatic rings. The first-order valence-electron chi connectivity index (χ1n) is 3.83. The molecule has 0 aromatic heterocycles. The first kappa shape index (κ1) is 7.16. The topological polar surface area (TPSA) is 41.8 Å². The van der Waals surface area contributed by atoms with Crippen LogP contribution in [0.15, 0.2) is 34.5 Å². The first-order valence-corrected chi connectivity index (χ1v) is 3.83. The van der Waals surface area contributed by atoms with Crippen LogP contribution in [0.1, 0.15) is 11.5 Å². The summed E-state index contributed by atoms with van der Waals surface area (Å²) in [6.45, 7) is 0.487. The highest BCUT2D eigenvalue weighted by atomic mass is 16.1. The molecule has 1 aromatic rings. The molecule has 0 amide bonds. The van der Waals surface area contributed by atoms with Crippen molar-refractivity contribution in [3.63, 3.8) is 0 Å². The number of carbonyl (C=O) groups excluding carboxylic acids is 1. The number of fused-ring (bicyclic) bond motifs is 1. The van der Waals surface area contributed by atoms with Crippen molar-refractivity contribution in [3.05, 3.63) is 29.8 Å². The van der Waals surface area contributed by atoms with Gasteiger partial charge in [-0.1, -0.05) is 18.2 Å². The summed E-state index contributed by atoms with van der Waals surface area (Å²) in [7, 11) is 0. The van der Waals surface area contributed by atoms with E-state index in [4.69, 9.17) is 0 Å².